The summed E-state index contributed by atoms with van der Waals surface area (Å²) in [6.45, 7) is 4.56. The van der Waals surface area contributed by atoms with Crippen molar-refractivity contribution in [3.8, 4) is 0 Å². The molecule has 0 rings (SSSR count). The van der Waals surface area contributed by atoms with Gasteiger partial charge in [-0.3, -0.25) is 0 Å². The van der Waals surface area contributed by atoms with E-state index in [1.807, 2.05) is 0 Å². The van der Waals surface area contributed by atoms with E-state index in [-0.39, 0.29) is 0 Å². The Labute approximate surface area is 60.8 Å². The summed E-state index contributed by atoms with van der Waals surface area (Å²) >= 11 is 3.41. The lowest BCUT2D eigenvalue weighted by molar-refractivity contribution is 0.512. The maximum atomic E-state index is 3.41. The molecular weight excluding hydrogens is 164 g/mol. The van der Waals surface area contributed by atoms with Crippen LogP contribution in [-0.4, -0.2) is 5.33 Å². The average molecular weight is 179 g/mol. The maximum absolute atomic E-state index is 3.41. The Morgan fingerprint density at radius 3 is 2.50 bits per heavy atom. The molecule has 0 N–H and O–H groups in total. The van der Waals surface area contributed by atoms with E-state index in [4.69, 9.17) is 0 Å². The predicted octanol–water partition coefficient (Wildman–Crippen LogP) is 3.21. The van der Waals surface area contributed by atoms with Gasteiger partial charge in [0.2, 0.25) is 0 Å². The van der Waals surface area contributed by atoms with Crippen molar-refractivity contribution in [1.82, 2.24) is 0 Å². The molecule has 8 heavy (non-hydrogen) atoms. The first-order chi connectivity index (χ1) is 3.81. The zero-order chi connectivity index (χ0) is 6.41. The third kappa shape index (κ3) is 4.63. The van der Waals surface area contributed by atoms with Crippen LogP contribution in [0.1, 0.15) is 33.1 Å². The first kappa shape index (κ1) is 8.48. The molecule has 0 amide bonds. The van der Waals surface area contributed by atoms with Gasteiger partial charge in [0.05, 0.1) is 0 Å². The van der Waals surface area contributed by atoms with Crippen LogP contribution in [0.4, 0.5) is 0 Å². The molecule has 0 nitrogen and oxygen atoms in total. The molecule has 0 aliphatic heterocycles. The molecule has 0 aliphatic rings. The first-order valence-corrected chi connectivity index (χ1v) is 4.49. The van der Waals surface area contributed by atoms with Crippen molar-refractivity contribution < 1.29 is 0 Å². The van der Waals surface area contributed by atoms with Gasteiger partial charge in [-0.1, -0.05) is 36.2 Å². The zero-order valence-corrected chi connectivity index (χ0v) is 7.37. The Hall–Kier alpha value is 0.480. The summed E-state index contributed by atoms with van der Waals surface area (Å²) in [6.07, 6.45) is 4.03. The largest absolute Gasteiger partial charge is 0.0928 e. The summed E-state index contributed by atoms with van der Waals surface area (Å²) in [5, 5.41) is 1.16. The molecule has 0 aromatic carbocycles. The third-order valence-corrected chi connectivity index (χ3v) is 2.09. The molecule has 0 radical (unpaired) electrons. The fourth-order valence-electron chi connectivity index (χ4n) is 0.630. The van der Waals surface area contributed by atoms with Gasteiger partial charge in [-0.15, -0.1) is 0 Å². The molecule has 0 bridgehead atoms. The van der Waals surface area contributed by atoms with Crippen LogP contribution in [0.25, 0.3) is 0 Å². The van der Waals surface area contributed by atoms with Crippen LogP contribution in [0, 0.1) is 5.92 Å². The lowest BCUT2D eigenvalue weighted by atomic mass is 10.0. The molecule has 0 saturated carbocycles. The molecule has 1 atom stereocenters. The Bertz CT molecular complexity index is 43.7. The van der Waals surface area contributed by atoms with Crippen LogP contribution < -0.4 is 0 Å². The highest BCUT2D eigenvalue weighted by Crippen LogP contribution is 2.09. The number of hydrogen-bond acceptors (Lipinski definition) is 0. The highest BCUT2D eigenvalue weighted by Gasteiger charge is 1.95. The molecular formula is C7H15Br. The van der Waals surface area contributed by atoms with Gasteiger partial charge in [0.25, 0.3) is 0 Å². The van der Waals surface area contributed by atoms with Crippen LogP contribution in [0.5, 0.6) is 0 Å². The Balaban J connectivity index is 2.86. The van der Waals surface area contributed by atoms with Crippen molar-refractivity contribution in [3.05, 3.63) is 0 Å². The van der Waals surface area contributed by atoms with Crippen LogP contribution >= 0.6 is 15.9 Å². The summed E-state index contributed by atoms with van der Waals surface area (Å²) in [5.41, 5.74) is 0. The molecule has 0 aromatic heterocycles. The van der Waals surface area contributed by atoms with Gasteiger partial charge in [0.15, 0.2) is 0 Å². The summed E-state index contributed by atoms with van der Waals surface area (Å²) in [7, 11) is 0. The van der Waals surface area contributed by atoms with E-state index in [0.29, 0.717) is 0 Å². The summed E-state index contributed by atoms with van der Waals surface area (Å²) in [6, 6.07) is 0. The van der Waals surface area contributed by atoms with E-state index in [2.05, 4.69) is 29.8 Å². The van der Waals surface area contributed by atoms with Crippen LogP contribution in [0.2, 0.25) is 0 Å². The summed E-state index contributed by atoms with van der Waals surface area (Å²) in [4.78, 5) is 0. The molecule has 1 heteroatoms. The van der Waals surface area contributed by atoms with Gasteiger partial charge in [-0.2, -0.15) is 0 Å². The minimum atomic E-state index is 0.924. The van der Waals surface area contributed by atoms with Crippen molar-refractivity contribution in [2.24, 2.45) is 5.92 Å². The van der Waals surface area contributed by atoms with E-state index < -0.39 is 0 Å². The topological polar surface area (TPSA) is 0 Å². The number of halogens is 1. The first-order valence-electron chi connectivity index (χ1n) is 3.37. The molecule has 0 aliphatic carbocycles. The summed E-state index contributed by atoms with van der Waals surface area (Å²) < 4.78 is 0. The smallest absolute Gasteiger partial charge is 0.00314 e. The van der Waals surface area contributed by atoms with Crippen LogP contribution in [0.3, 0.4) is 0 Å². The monoisotopic (exact) mass is 178 g/mol. The van der Waals surface area contributed by atoms with Crippen molar-refractivity contribution >= 4 is 15.9 Å². The minimum absolute atomic E-state index is 0.924. The van der Waals surface area contributed by atoms with Gasteiger partial charge in [-0.25, -0.2) is 0 Å². The Kier molecular flexibility index (Phi) is 5.95. The summed E-state index contributed by atoms with van der Waals surface area (Å²) in [5.74, 6) is 0.924. The van der Waals surface area contributed by atoms with Crippen LogP contribution in [-0.2, 0) is 0 Å². The average Bonchev–Trinajstić information content (AvgIpc) is 1.83. The van der Waals surface area contributed by atoms with E-state index in [1.54, 1.807) is 0 Å². The number of rotatable bonds is 4. The van der Waals surface area contributed by atoms with Gasteiger partial charge in [-0.05, 0) is 18.8 Å². The molecule has 0 spiro atoms. The third-order valence-electron chi connectivity index (χ3n) is 1.53. The fraction of sp³-hybridized carbons (Fsp3) is 1.00. The number of hydrogen-bond donors (Lipinski definition) is 0. The lowest BCUT2D eigenvalue weighted by Gasteiger charge is -2.04. The van der Waals surface area contributed by atoms with Crippen molar-refractivity contribution in [2.75, 3.05) is 5.33 Å². The Morgan fingerprint density at radius 2 is 2.12 bits per heavy atom. The lowest BCUT2D eigenvalue weighted by Crippen LogP contribution is -1.91. The zero-order valence-electron chi connectivity index (χ0n) is 5.78. The molecule has 1 unspecified atom stereocenters. The van der Waals surface area contributed by atoms with Gasteiger partial charge >= 0.3 is 0 Å². The van der Waals surface area contributed by atoms with E-state index >= 15 is 0 Å². The van der Waals surface area contributed by atoms with Crippen molar-refractivity contribution in [1.29, 1.82) is 0 Å². The molecule has 0 heterocycles. The highest BCUT2D eigenvalue weighted by atomic mass is 79.9. The second-order valence-electron chi connectivity index (χ2n) is 2.34. The standard InChI is InChI=1S/C7H15Br/c1-3-7(2)5-4-6-8/h7H,3-6H2,1-2H3. The Morgan fingerprint density at radius 1 is 1.50 bits per heavy atom. The quantitative estimate of drug-likeness (QED) is 0.581. The second kappa shape index (κ2) is 5.61. The van der Waals surface area contributed by atoms with E-state index in [0.717, 1.165) is 11.2 Å². The van der Waals surface area contributed by atoms with E-state index in [1.165, 1.54) is 19.3 Å². The highest BCUT2D eigenvalue weighted by molar-refractivity contribution is 9.09. The van der Waals surface area contributed by atoms with Crippen molar-refractivity contribution in [2.45, 2.75) is 33.1 Å². The predicted molar refractivity (Wildman–Crippen MR) is 42.5 cm³/mol. The van der Waals surface area contributed by atoms with Gasteiger partial charge in [0.1, 0.15) is 0 Å². The molecule has 0 saturated heterocycles. The van der Waals surface area contributed by atoms with E-state index in [9.17, 15) is 0 Å². The van der Waals surface area contributed by atoms with Crippen LogP contribution in [0.15, 0.2) is 0 Å². The maximum Gasteiger partial charge on any atom is 0.00314 e. The van der Waals surface area contributed by atoms with Gasteiger partial charge in [0, 0.05) is 5.33 Å². The van der Waals surface area contributed by atoms with Crippen molar-refractivity contribution in [3.63, 3.8) is 0 Å². The SMILES string of the molecule is CCC(C)CCCBr. The molecule has 0 fully saturated rings. The normalized spacial score (nSPS) is 13.9. The molecule has 50 valence electrons. The minimum Gasteiger partial charge on any atom is -0.0928 e. The second-order valence-corrected chi connectivity index (χ2v) is 3.14. The van der Waals surface area contributed by atoms with Gasteiger partial charge < -0.3 is 0 Å². The molecule has 0 aromatic rings. The number of alkyl halides is 1. The fourth-order valence-corrected chi connectivity index (χ4v) is 0.953.